The first-order valence-corrected chi connectivity index (χ1v) is 15.5. The molecule has 6 nitrogen and oxygen atoms in total. The number of aryl methyl sites for hydroxylation is 2. The number of carbonyl (C=O) groups is 2. The van der Waals surface area contributed by atoms with Crippen molar-refractivity contribution in [2.75, 3.05) is 13.1 Å². The fourth-order valence-corrected chi connectivity index (χ4v) is 7.87. The molecule has 202 valence electrons. The number of hydrazone groups is 1. The van der Waals surface area contributed by atoms with Gasteiger partial charge in [-0.25, -0.2) is 5.43 Å². The second-order valence-electron chi connectivity index (χ2n) is 10.8. The van der Waals surface area contributed by atoms with Crippen molar-refractivity contribution in [3.63, 3.8) is 0 Å². The first-order chi connectivity index (χ1) is 18.3. The number of amides is 2. The maximum Gasteiger partial charge on any atom is 0.236 e. The van der Waals surface area contributed by atoms with Crippen LogP contribution in [0.25, 0.3) is 0 Å². The third-order valence-electron chi connectivity index (χ3n) is 8.30. The summed E-state index contributed by atoms with van der Waals surface area (Å²) in [6, 6.07) is 6.34. The molecule has 5 rings (SSSR count). The molecule has 2 fully saturated rings. The maximum atomic E-state index is 13.2. The molecule has 2 heterocycles. The zero-order chi connectivity index (χ0) is 26.8. The van der Waals surface area contributed by atoms with Crippen LogP contribution in [-0.2, 0) is 22.4 Å². The Labute approximate surface area is 246 Å². The number of nitrogens with one attached hydrogen (secondary N) is 1. The van der Waals surface area contributed by atoms with E-state index >= 15 is 0 Å². The lowest BCUT2D eigenvalue weighted by Crippen LogP contribution is -2.41. The van der Waals surface area contributed by atoms with Gasteiger partial charge >= 0.3 is 0 Å². The number of fused-ring (bicyclic) bond motifs is 2. The molecule has 3 aliphatic rings. The normalized spacial score (nSPS) is 21.8. The predicted molar refractivity (Wildman–Crippen MR) is 157 cm³/mol. The molecule has 1 unspecified atom stereocenters. The van der Waals surface area contributed by atoms with Crippen molar-refractivity contribution in [1.82, 2.24) is 15.3 Å². The fourth-order valence-electron chi connectivity index (χ4n) is 6.37. The molecule has 9 heteroatoms. The van der Waals surface area contributed by atoms with Crippen LogP contribution in [-0.4, -0.2) is 40.5 Å². The van der Waals surface area contributed by atoms with E-state index in [9.17, 15) is 9.59 Å². The highest BCUT2D eigenvalue weighted by Crippen LogP contribution is 2.46. The van der Waals surface area contributed by atoms with Gasteiger partial charge in [0.15, 0.2) is 0 Å². The lowest BCUT2D eigenvalue weighted by Gasteiger charge is -2.37. The number of carbonyl (C=O) groups excluding carboxylic acids is 2. The number of piperidine rings is 1. The van der Waals surface area contributed by atoms with E-state index in [-0.39, 0.29) is 17.7 Å². The monoisotopic (exact) mass is 662 g/mol. The van der Waals surface area contributed by atoms with Gasteiger partial charge in [0.25, 0.3) is 0 Å². The molecule has 1 aromatic heterocycles. The quantitative estimate of drug-likeness (QED) is 0.366. The molecule has 2 aromatic rings. The molecule has 2 amide bonds. The van der Waals surface area contributed by atoms with E-state index < -0.39 is 0 Å². The average molecular weight is 665 g/mol. The van der Waals surface area contributed by atoms with Gasteiger partial charge in [-0.2, -0.15) is 5.10 Å². The summed E-state index contributed by atoms with van der Waals surface area (Å²) in [5.41, 5.74) is 8.63. The van der Waals surface area contributed by atoms with Gasteiger partial charge in [0, 0.05) is 58.2 Å². The van der Waals surface area contributed by atoms with Crippen LogP contribution in [0.4, 0.5) is 0 Å². The summed E-state index contributed by atoms with van der Waals surface area (Å²) in [6.07, 6.45) is 9.91. The first kappa shape index (κ1) is 27.8. The summed E-state index contributed by atoms with van der Waals surface area (Å²) < 4.78 is 2.06. The summed E-state index contributed by atoms with van der Waals surface area (Å²) in [6.45, 7) is 3.04. The fraction of sp³-hybridized carbons (Fsp3) is 0.517. The lowest BCUT2D eigenvalue weighted by atomic mass is 9.76. The van der Waals surface area contributed by atoms with Crippen molar-refractivity contribution in [2.45, 2.75) is 70.6 Å². The van der Waals surface area contributed by atoms with Crippen molar-refractivity contribution < 1.29 is 9.59 Å². The summed E-state index contributed by atoms with van der Waals surface area (Å²) in [7, 11) is 0. The molecular formula is C29H33Br2ClN4O2. The van der Waals surface area contributed by atoms with Crippen LogP contribution < -0.4 is 5.43 Å². The van der Waals surface area contributed by atoms with Crippen LogP contribution >= 0.6 is 43.5 Å². The molecular weight excluding hydrogens is 632 g/mol. The summed E-state index contributed by atoms with van der Waals surface area (Å²) >= 11 is 13.9. The van der Waals surface area contributed by atoms with E-state index in [2.05, 4.69) is 59.4 Å². The van der Waals surface area contributed by atoms with E-state index in [4.69, 9.17) is 16.6 Å². The molecule has 1 saturated carbocycles. The Morgan fingerprint density at radius 1 is 1.05 bits per heavy atom. The maximum absolute atomic E-state index is 13.2. The standard InChI is InChI=1S/C29H33Br2ClN4O2/c1-17(37)34-35-24-6-2-18(3-7-24)12-26(38)36-10-8-19(9-11-36)28-27-20(14-23(32)15-25(27)31)4-5-21-13-22(30)16-33-29(21)28/h13-16,18-19,28H,2-12H2,1H3,(H,34,37). The topological polar surface area (TPSA) is 74.7 Å². The van der Waals surface area contributed by atoms with E-state index in [1.807, 2.05) is 12.3 Å². The van der Waals surface area contributed by atoms with E-state index in [1.165, 1.54) is 29.3 Å². The van der Waals surface area contributed by atoms with Crippen LogP contribution in [0.1, 0.15) is 80.2 Å². The van der Waals surface area contributed by atoms with Crippen molar-refractivity contribution >= 4 is 61.0 Å². The van der Waals surface area contributed by atoms with Gasteiger partial charge in [-0.15, -0.1) is 0 Å². The molecule has 1 aromatic carbocycles. The molecule has 0 radical (unpaired) electrons. The molecule has 0 spiro atoms. The molecule has 1 saturated heterocycles. The number of pyridine rings is 1. The SMILES string of the molecule is CC(=O)NN=C1CCC(CC(=O)N2CCC(C3c4ncc(Br)cc4CCc4cc(Cl)cc(Br)c43)CC2)CC1. The third-order valence-corrected chi connectivity index (χ3v) is 9.61. The summed E-state index contributed by atoms with van der Waals surface area (Å²) in [4.78, 5) is 31.3. The van der Waals surface area contributed by atoms with Crippen molar-refractivity contribution in [3.05, 3.63) is 60.7 Å². The lowest BCUT2D eigenvalue weighted by molar-refractivity contribution is -0.133. The number of hydrogen-bond donors (Lipinski definition) is 1. The molecule has 2 aliphatic carbocycles. The Hall–Kier alpha value is -1.77. The smallest absolute Gasteiger partial charge is 0.236 e. The highest BCUT2D eigenvalue weighted by Gasteiger charge is 2.36. The van der Waals surface area contributed by atoms with Crippen LogP contribution in [0.5, 0.6) is 0 Å². The number of benzene rings is 1. The van der Waals surface area contributed by atoms with Gasteiger partial charge in [-0.3, -0.25) is 14.6 Å². The third kappa shape index (κ3) is 6.34. The number of nitrogens with zero attached hydrogens (tertiary/aromatic N) is 3. The van der Waals surface area contributed by atoms with E-state index in [0.29, 0.717) is 18.3 Å². The minimum atomic E-state index is -0.145. The summed E-state index contributed by atoms with van der Waals surface area (Å²) in [5.74, 6) is 1.10. The van der Waals surface area contributed by atoms with Crippen molar-refractivity contribution in [3.8, 4) is 0 Å². The molecule has 0 bridgehead atoms. The van der Waals surface area contributed by atoms with Crippen LogP contribution in [0, 0.1) is 11.8 Å². The zero-order valence-corrected chi connectivity index (χ0v) is 25.5. The van der Waals surface area contributed by atoms with Crippen LogP contribution in [0.3, 0.4) is 0 Å². The highest BCUT2D eigenvalue weighted by atomic mass is 79.9. The Morgan fingerprint density at radius 2 is 1.76 bits per heavy atom. The molecule has 1 N–H and O–H groups in total. The second kappa shape index (κ2) is 12.2. The van der Waals surface area contributed by atoms with E-state index in [1.54, 1.807) is 0 Å². The van der Waals surface area contributed by atoms with Gasteiger partial charge in [0.1, 0.15) is 0 Å². The first-order valence-electron chi connectivity index (χ1n) is 13.5. The predicted octanol–water partition coefficient (Wildman–Crippen LogP) is 6.80. The van der Waals surface area contributed by atoms with Crippen LogP contribution in [0.2, 0.25) is 5.02 Å². The minimum Gasteiger partial charge on any atom is -0.343 e. The second-order valence-corrected chi connectivity index (χ2v) is 13.1. The van der Waals surface area contributed by atoms with Crippen molar-refractivity contribution in [1.29, 1.82) is 0 Å². The van der Waals surface area contributed by atoms with Gasteiger partial charge < -0.3 is 4.90 Å². The number of aromatic nitrogens is 1. The van der Waals surface area contributed by atoms with Crippen molar-refractivity contribution in [2.24, 2.45) is 16.9 Å². The van der Waals surface area contributed by atoms with Gasteiger partial charge in [-0.05, 0) is 114 Å². The van der Waals surface area contributed by atoms with Crippen LogP contribution in [0.15, 0.2) is 38.4 Å². The van der Waals surface area contributed by atoms with Gasteiger partial charge in [0.2, 0.25) is 11.8 Å². The Kier molecular flexibility index (Phi) is 8.90. The summed E-state index contributed by atoms with van der Waals surface area (Å²) in [5, 5.41) is 4.95. The number of likely N-dealkylation sites (tertiary alicyclic amines) is 1. The molecule has 1 atom stereocenters. The Balaban J connectivity index is 1.26. The average Bonchev–Trinajstić information content (AvgIpc) is 3.05. The zero-order valence-electron chi connectivity index (χ0n) is 21.6. The minimum absolute atomic E-state index is 0.145. The number of hydrogen-bond acceptors (Lipinski definition) is 4. The number of halogens is 3. The largest absolute Gasteiger partial charge is 0.343 e. The molecule has 1 aliphatic heterocycles. The van der Waals surface area contributed by atoms with E-state index in [0.717, 1.165) is 84.1 Å². The number of rotatable bonds is 4. The Bertz CT molecular complexity index is 1250. The van der Waals surface area contributed by atoms with Gasteiger partial charge in [0.05, 0.1) is 5.69 Å². The highest BCUT2D eigenvalue weighted by molar-refractivity contribution is 9.10. The molecule has 38 heavy (non-hydrogen) atoms. The Morgan fingerprint density at radius 3 is 2.47 bits per heavy atom. The van der Waals surface area contributed by atoms with Gasteiger partial charge in [-0.1, -0.05) is 27.5 Å².